The Bertz CT molecular complexity index is 1720. The fourth-order valence-electron chi connectivity index (χ4n) is 5.51. The van der Waals surface area contributed by atoms with Gasteiger partial charge in [0.05, 0.1) is 37.5 Å². The van der Waals surface area contributed by atoms with Crippen LogP contribution < -0.4 is 10.3 Å². The van der Waals surface area contributed by atoms with Gasteiger partial charge in [-0.1, -0.05) is 18.2 Å². The summed E-state index contributed by atoms with van der Waals surface area (Å²) in [6.07, 6.45) is 0.125. The van der Waals surface area contributed by atoms with Crippen LogP contribution in [0.5, 0.6) is 5.75 Å². The maximum atomic E-state index is 13.9. The molecule has 3 aromatic rings. The Kier molecular flexibility index (Phi) is 12.6. The van der Waals surface area contributed by atoms with Crippen LogP contribution in [0, 0.1) is 6.92 Å². The SMILES string of the molecule is COc1ccc(S(=O)(=O)N(CCO)CCOC2CC(c3c(C)n(C)n(-c4ccccc4)c3=O)C=C(C(=O)N(C)CC(OC)OC)O2)cc1. The number of aliphatic hydroxyl groups is 1. The fourth-order valence-corrected chi connectivity index (χ4v) is 6.93. The van der Waals surface area contributed by atoms with Crippen LogP contribution in [0.25, 0.3) is 5.69 Å². The van der Waals surface area contributed by atoms with Gasteiger partial charge in [0.25, 0.3) is 11.5 Å². The van der Waals surface area contributed by atoms with Gasteiger partial charge in [0.1, 0.15) is 5.75 Å². The molecule has 1 aliphatic rings. The molecule has 1 aromatic heterocycles. The highest BCUT2D eigenvalue weighted by molar-refractivity contribution is 7.89. The smallest absolute Gasteiger partial charge is 0.288 e. The lowest BCUT2D eigenvalue weighted by atomic mass is 9.93. The van der Waals surface area contributed by atoms with Gasteiger partial charge in [-0.25, -0.2) is 13.1 Å². The highest BCUT2D eigenvalue weighted by Gasteiger charge is 2.35. The monoisotopic (exact) mass is 688 g/mol. The lowest BCUT2D eigenvalue weighted by Gasteiger charge is -2.31. The normalized spacial score (nSPS) is 16.6. The maximum absolute atomic E-state index is 13.9. The van der Waals surface area contributed by atoms with E-state index in [1.165, 1.54) is 50.5 Å². The summed E-state index contributed by atoms with van der Waals surface area (Å²) in [6.45, 7) is 1.13. The molecule has 1 N–H and O–H groups in total. The van der Waals surface area contributed by atoms with Crippen molar-refractivity contribution in [3.63, 3.8) is 0 Å². The van der Waals surface area contributed by atoms with Gasteiger partial charge in [-0.05, 0) is 49.4 Å². The standard InChI is InChI=1S/C33H44N4O10S/c1-23-31(33(40)37(35(23)3)25-10-8-7-9-11-25)24-20-28(32(39)34(2)22-30(44-5)45-6)47-29(21-24)46-19-17-36(16-18-38)48(41,42)27-14-12-26(43-4)13-15-27/h7-15,20,24,29-30,38H,16-19,21-22H2,1-6H3. The lowest BCUT2D eigenvalue weighted by molar-refractivity contribution is -0.158. The molecule has 0 spiro atoms. The predicted molar refractivity (Wildman–Crippen MR) is 176 cm³/mol. The third-order valence-corrected chi connectivity index (χ3v) is 10.1. The first kappa shape index (κ1) is 36.8. The summed E-state index contributed by atoms with van der Waals surface area (Å²) in [5, 5.41) is 9.65. The number of aliphatic hydroxyl groups excluding tert-OH is 1. The minimum absolute atomic E-state index is 0.0308. The molecule has 14 nitrogen and oxygen atoms in total. The molecule has 0 radical (unpaired) electrons. The number of sulfonamides is 1. The molecule has 0 aliphatic carbocycles. The zero-order chi connectivity index (χ0) is 35.0. The largest absolute Gasteiger partial charge is 0.497 e. The Morgan fingerprint density at radius 2 is 1.73 bits per heavy atom. The first-order valence-corrected chi connectivity index (χ1v) is 16.8. The number of rotatable bonds is 16. The number of hydrogen-bond donors (Lipinski definition) is 1. The highest BCUT2D eigenvalue weighted by atomic mass is 32.2. The zero-order valence-electron chi connectivity index (χ0n) is 28.1. The zero-order valence-corrected chi connectivity index (χ0v) is 28.9. The van der Waals surface area contributed by atoms with E-state index in [9.17, 15) is 23.1 Å². The van der Waals surface area contributed by atoms with E-state index in [0.29, 0.717) is 22.7 Å². The van der Waals surface area contributed by atoms with Crippen molar-refractivity contribution in [2.45, 2.75) is 36.7 Å². The van der Waals surface area contributed by atoms with Crippen LogP contribution in [0.1, 0.15) is 23.6 Å². The minimum Gasteiger partial charge on any atom is -0.497 e. The number of benzene rings is 2. The van der Waals surface area contributed by atoms with E-state index in [-0.39, 0.29) is 48.9 Å². The number of ether oxygens (including phenoxy) is 5. The van der Waals surface area contributed by atoms with Gasteiger partial charge >= 0.3 is 0 Å². The minimum atomic E-state index is -3.98. The molecule has 0 saturated heterocycles. The fraction of sp³-hybridized carbons (Fsp3) is 0.455. The predicted octanol–water partition coefficient (Wildman–Crippen LogP) is 1.98. The Hall–Kier alpha value is -3.99. The van der Waals surface area contributed by atoms with Gasteiger partial charge in [-0.15, -0.1) is 0 Å². The maximum Gasteiger partial charge on any atom is 0.288 e. The quantitative estimate of drug-likeness (QED) is 0.221. The first-order valence-electron chi connectivity index (χ1n) is 15.4. The summed E-state index contributed by atoms with van der Waals surface area (Å²) in [6, 6.07) is 15.2. The molecule has 0 saturated carbocycles. The Balaban J connectivity index is 1.61. The third kappa shape index (κ3) is 8.17. The van der Waals surface area contributed by atoms with Crippen molar-refractivity contribution >= 4 is 15.9 Å². The van der Waals surface area contributed by atoms with E-state index in [2.05, 4.69) is 0 Å². The van der Waals surface area contributed by atoms with Crippen LogP contribution in [0.2, 0.25) is 0 Å². The van der Waals surface area contributed by atoms with Gasteiger partial charge in [-0.2, -0.15) is 4.31 Å². The van der Waals surface area contributed by atoms with Crippen LogP contribution in [0.3, 0.4) is 0 Å². The number of nitrogens with zero attached hydrogens (tertiary/aromatic N) is 4. The van der Waals surface area contributed by atoms with E-state index in [0.717, 1.165) is 4.31 Å². The number of methoxy groups -OCH3 is 3. The van der Waals surface area contributed by atoms with Crippen LogP contribution in [-0.2, 0) is 40.8 Å². The molecule has 2 atom stereocenters. The van der Waals surface area contributed by atoms with Crippen molar-refractivity contribution in [1.82, 2.24) is 18.6 Å². The molecular weight excluding hydrogens is 644 g/mol. The van der Waals surface area contributed by atoms with Gasteiger partial charge in [-0.3, -0.25) is 14.3 Å². The summed E-state index contributed by atoms with van der Waals surface area (Å²) in [7, 11) is 3.80. The Labute approximate surface area is 280 Å². The summed E-state index contributed by atoms with van der Waals surface area (Å²) >= 11 is 0. The molecule has 48 heavy (non-hydrogen) atoms. The van der Waals surface area contributed by atoms with E-state index >= 15 is 0 Å². The molecule has 1 amide bonds. The van der Waals surface area contributed by atoms with Crippen molar-refractivity contribution in [1.29, 1.82) is 0 Å². The molecule has 0 fully saturated rings. The number of amides is 1. The van der Waals surface area contributed by atoms with Gasteiger partial charge in [0.15, 0.2) is 12.0 Å². The van der Waals surface area contributed by atoms with Crippen molar-refractivity contribution in [3.8, 4) is 11.4 Å². The number of likely N-dealkylation sites (N-methyl/N-ethyl adjacent to an activating group) is 1. The number of allylic oxidation sites excluding steroid dienone is 1. The second-order valence-electron chi connectivity index (χ2n) is 11.2. The number of aromatic nitrogens is 2. The van der Waals surface area contributed by atoms with Crippen LogP contribution in [-0.4, -0.2) is 112 Å². The Morgan fingerprint density at radius 1 is 1.06 bits per heavy atom. The van der Waals surface area contributed by atoms with Crippen molar-refractivity contribution in [3.05, 3.63) is 88.0 Å². The first-order chi connectivity index (χ1) is 23.0. The topological polar surface area (TPSA) is 151 Å². The molecule has 15 heteroatoms. The molecule has 262 valence electrons. The van der Waals surface area contributed by atoms with Crippen LogP contribution in [0.4, 0.5) is 0 Å². The molecule has 1 aliphatic heterocycles. The Morgan fingerprint density at radius 3 is 2.33 bits per heavy atom. The van der Waals surface area contributed by atoms with Crippen LogP contribution in [0.15, 0.2) is 76.1 Å². The van der Waals surface area contributed by atoms with Gasteiger partial charge in [0.2, 0.25) is 16.3 Å². The molecule has 4 rings (SSSR count). The third-order valence-electron chi connectivity index (χ3n) is 8.22. The summed E-state index contributed by atoms with van der Waals surface area (Å²) in [5.41, 5.74) is 1.61. The van der Waals surface area contributed by atoms with E-state index < -0.39 is 41.0 Å². The molecular formula is C33H44N4O10S. The van der Waals surface area contributed by atoms with Gasteiger partial charge < -0.3 is 33.7 Å². The second-order valence-corrected chi connectivity index (χ2v) is 13.1. The van der Waals surface area contributed by atoms with E-state index in [4.69, 9.17) is 23.7 Å². The summed E-state index contributed by atoms with van der Waals surface area (Å²) in [4.78, 5) is 28.9. The molecule has 2 aromatic carbocycles. The molecule has 0 bridgehead atoms. The number of carbonyl (C=O) groups is 1. The van der Waals surface area contributed by atoms with Gasteiger partial charge in [0, 0.05) is 65.0 Å². The molecule has 2 heterocycles. The lowest BCUT2D eigenvalue weighted by Crippen LogP contribution is -2.40. The summed E-state index contributed by atoms with van der Waals surface area (Å²) < 4.78 is 58.9. The van der Waals surface area contributed by atoms with Crippen molar-refractivity contribution in [2.75, 3.05) is 61.2 Å². The average Bonchev–Trinajstić information content (AvgIpc) is 3.32. The van der Waals surface area contributed by atoms with Crippen LogP contribution >= 0.6 is 0 Å². The van der Waals surface area contributed by atoms with E-state index in [1.807, 2.05) is 37.3 Å². The second kappa shape index (κ2) is 16.4. The van der Waals surface area contributed by atoms with E-state index in [1.54, 1.807) is 29.5 Å². The summed E-state index contributed by atoms with van der Waals surface area (Å²) in [5.74, 6) is -0.579. The van der Waals surface area contributed by atoms with Crippen molar-refractivity contribution < 1.29 is 42.0 Å². The highest BCUT2D eigenvalue weighted by Crippen LogP contribution is 2.33. The average molecular weight is 689 g/mol. The number of carbonyl (C=O) groups excluding carboxylic acids is 1. The van der Waals surface area contributed by atoms with Crippen molar-refractivity contribution in [2.24, 2.45) is 7.05 Å². The number of hydrogen-bond acceptors (Lipinski definition) is 10. The number of para-hydroxylation sites is 1. The molecule has 2 unspecified atom stereocenters.